The molecule has 1 saturated carbocycles. The van der Waals surface area contributed by atoms with Gasteiger partial charge in [-0.25, -0.2) is 9.97 Å². The van der Waals surface area contributed by atoms with Crippen LogP contribution in [0.4, 0.5) is 5.95 Å². The molecule has 0 bridgehead atoms. The van der Waals surface area contributed by atoms with Gasteiger partial charge in [0.15, 0.2) is 0 Å². The summed E-state index contributed by atoms with van der Waals surface area (Å²) in [5, 5.41) is 3.31. The number of amides is 2. The van der Waals surface area contributed by atoms with E-state index in [2.05, 4.69) is 15.3 Å². The Morgan fingerprint density at radius 1 is 1.04 bits per heavy atom. The number of aromatic nitrogens is 2. The summed E-state index contributed by atoms with van der Waals surface area (Å²) in [5.74, 6) is 0.582. The van der Waals surface area contributed by atoms with E-state index in [0.29, 0.717) is 43.7 Å². The standard InChI is InChI=1S/C16H23N5O2/c1-12(22)20-6-8-21(9-7-20)15(23)13-10-17-16(18-11-13)19-14-4-2-3-5-14/h10-11,14H,2-9H2,1H3,(H,17,18,19). The van der Waals surface area contributed by atoms with E-state index in [4.69, 9.17) is 0 Å². The van der Waals surface area contributed by atoms with Gasteiger partial charge in [-0.3, -0.25) is 9.59 Å². The third kappa shape index (κ3) is 3.78. The first-order chi connectivity index (χ1) is 11.1. The molecule has 2 aliphatic rings. The van der Waals surface area contributed by atoms with Gasteiger partial charge in [0.2, 0.25) is 11.9 Å². The predicted molar refractivity (Wildman–Crippen MR) is 86.1 cm³/mol. The van der Waals surface area contributed by atoms with Crippen molar-refractivity contribution in [1.82, 2.24) is 19.8 Å². The summed E-state index contributed by atoms with van der Waals surface area (Å²) >= 11 is 0. The van der Waals surface area contributed by atoms with Crippen molar-refractivity contribution in [2.45, 2.75) is 38.6 Å². The van der Waals surface area contributed by atoms with Crippen molar-refractivity contribution in [2.75, 3.05) is 31.5 Å². The molecule has 0 spiro atoms. The lowest BCUT2D eigenvalue weighted by Gasteiger charge is -2.34. The average molecular weight is 317 g/mol. The fourth-order valence-corrected chi connectivity index (χ4v) is 3.17. The molecular weight excluding hydrogens is 294 g/mol. The lowest BCUT2D eigenvalue weighted by Crippen LogP contribution is -2.50. The van der Waals surface area contributed by atoms with E-state index in [-0.39, 0.29) is 11.8 Å². The summed E-state index contributed by atoms with van der Waals surface area (Å²) in [7, 11) is 0. The van der Waals surface area contributed by atoms with Gasteiger partial charge < -0.3 is 15.1 Å². The zero-order valence-electron chi connectivity index (χ0n) is 13.5. The molecule has 0 radical (unpaired) electrons. The van der Waals surface area contributed by atoms with E-state index in [0.717, 1.165) is 12.8 Å². The molecule has 7 heteroatoms. The Morgan fingerprint density at radius 2 is 1.61 bits per heavy atom. The minimum Gasteiger partial charge on any atom is -0.351 e. The number of carbonyl (C=O) groups is 2. The summed E-state index contributed by atoms with van der Waals surface area (Å²) in [6, 6.07) is 0.455. The Morgan fingerprint density at radius 3 is 2.17 bits per heavy atom. The summed E-state index contributed by atoms with van der Waals surface area (Å²) < 4.78 is 0. The van der Waals surface area contributed by atoms with Gasteiger partial charge in [-0.2, -0.15) is 0 Å². The van der Waals surface area contributed by atoms with Gasteiger partial charge >= 0.3 is 0 Å². The van der Waals surface area contributed by atoms with Crippen molar-refractivity contribution in [1.29, 1.82) is 0 Å². The summed E-state index contributed by atoms with van der Waals surface area (Å²) in [6.45, 7) is 3.84. The summed E-state index contributed by atoms with van der Waals surface area (Å²) in [6.07, 6.45) is 7.99. The Labute approximate surface area is 136 Å². The molecule has 3 rings (SSSR count). The molecule has 1 aliphatic carbocycles. The number of nitrogens with zero attached hydrogens (tertiary/aromatic N) is 4. The van der Waals surface area contributed by atoms with Crippen LogP contribution in [0, 0.1) is 0 Å². The molecule has 2 heterocycles. The highest BCUT2D eigenvalue weighted by atomic mass is 16.2. The largest absolute Gasteiger partial charge is 0.351 e. The third-order valence-electron chi connectivity index (χ3n) is 4.60. The van der Waals surface area contributed by atoms with Gasteiger partial charge in [-0.15, -0.1) is 0 Å². The molecule has 124 valence electrons. The maximum Gasteiger partial charge on any atom is 0.257 e. The molecular formula is C16H23N5O2. The first-order valence-corrected chi connectivity index (χ1v) is 8.27. The van der Waals surface area contributed by atoms with Crippen LogP contribution in [0.2, 0.25) is 0 Å². The van der Waals surface area contributed by atoms with Crippen LogP contribution in [0.1, 0.15) is 43.0 Å². The molecule has 0 aromatic carbocycles. The van der Waals surface area contributed by atoms with Crippen LogP contribution < -0.4 is 5.32 Å². The van der Waals surface area contributed by atoms with Gasteiger partial charge in [0.1, 0.15) is 0 Å². The smallest absolute Gasteiger partial charge is 0.257 e. The van der Waals surface area contributed by atoms with Crippen molar-refractivity contribution in [3.8, 4) is 0 Å². The molecule has 2 fully saturated rings. The van der Waals surface area contributed by atoms with Crippen LogP contribution in [0.25, 0.3) is 0 Å². The average Bonchev–Trinajstić information content (AvgIpc) is 3.08. The van der Waals surface area contributed by atoms with Crippen LogP contribution in [-0.2, 0) is 4.79 Å². The summed E-state index contributed by atoms with van der Waals surface area (Å²) in [5.41, 5.74) is 0.498. The highest BCUT2D eigenvalue weighted by Crippen LogP contribution is 2.20. The van der Waals surface area contributed by atoms with Crippen molar-refractivity contribution < 1.29 is 9.59 Å². The number of piperazine rings is 1. The zero-order valence-corrected chi connectivity index (χ0v) is 13.5. The fourth-order valence-electron chi connectivity index (χ4n) is 3.17. The molecule has 1 aromatic heterocycles. The molecule has 1 aromatic rings. The maximum absolute atomic E-state index is 12.5. The van der Waals surface area contributed by atoms with Gasteiger partial charge in [0, 0.05) is 51.5 Å². The minimum absolute atomic E-state index is 0.0581. The Bertz CT molecular complexity index is 560. The molecule has 23 heavy (non-hydrogen) atoms. The monoisotopic (exact) mass is 317 g/mol. The van der Waals surface area contributed by atoms with Crippen LogP contribution >= 0.6 is 0 Å². The van der Waals surface area contributed by atoms with E-state index in [1.807, 2.05) is 0 Å². The third-order valence-corrected chi connectivity index (χ3v) is 4.60. The molecule has 0 unspecified atom stereocenters. The SMILES string of the molecule is CC(=O)N1CCN(C(=O)c2cnc(NC3CCCC3)nc2)CC1. The second kappa shape index (κ2) is 6.93. The summed E-state index contributed by atoms with van der Waals surface area (Å²) in [4.78, 5) is 35.8. The highest BCUT2D eigenvalue weighted by Gasteiger charge is 2.24. The van der Waals surface area contributed by atoms with Crippen molar-refractivity contribution >= 4 is 17.8 Å². The number of rotatable bonds is 3. The Kier molecular flexibility index (Phi) is 4.73. The van der Waals surface area contributed by atoms with Crippen molar-refractivity contribution in [3.63, 3.8) is 0 Å². The van der Waals surface area contributed by atoms with Crippen LogP contribution in [-0.4, -0.2) is 63.8 Å². The van der Waals surface area contributed by atoms with Gasteiger partial charge in [-0.1, -0.05) is 12.8 Å². The molecule has 1 aliphatic heterocycles. The number of hydrogen-bond acceptors (Lipinski definition) is 5. The van der Waals surface area contributed by atoms with Crippen LogP contribution in [0.5, 0.6) is 0 Å². The number of carbonyl (C=O) groups excluding carboxylic acids is 2. The molecule has 0 atom stereocenters. The fraction of sp³-hybridized carbons (Fsp3) is 0.625. The normalized spacial score (nSPS) is 19.0. The van der Waals surface area contributed by atoms with Gasteiger partial charge in [0.05, 0.1) is 5.56 Å². The van der Waals surface area contributed by atoms with Gasteiger partial charge in [-0.05, 0) is 12.8 Å². The Balaban J connectivity index is 1.56. The zero-order chi connectivity index (χ0) is 16.2. The van der Waals surface area contributed by atoms with E-state index in [1.54, 1.807) is 29.1 Å². The van der Waals surface area contributed by atoms with E-state index in [9.17, 15) is 9.59 Å². The van der Waals surface area contributed by atoms with Crippen LogP contribution in [0.3, 0.4) is 0 Å². The minimum atomic E-state index is -0.0689. The first-order valence-electron chi connectivity index (χ1n) is 8.27. The number of nitrogens with one attached hydrogen (secondary N) is 1. The quantitative estimate of drug-likeness (QED) is 0.904. The molecule has 2 amide bonds. The number of anilines is 1. The molecule has 1 N–H and O–H groups in total. The topological polar surface area (TPSA) is 78.4 Å². The first kappa shape index (κ1) is 15.7. The van der Waals surface area contributed by atoms with E-state index in [1.165, 1.54) is 12.8 Å². The molecule has 7 nitrogen and oxygen atoms in total. The van der Waals surface area contributed by atoms with Crippen molar-refractivity contribution in [2.24, 2.45) is 0 Å². The Hall–Kier alpha value is -2.18. The second-order valence-corrected chi connectivity index (χ2v) is 6.22. The van der Waals surface area contributed by atoms with E-state index < -0.39 is 0 Å². The predicted octanol–water partition coefficient (Wildman–Crippen LogP) is 1.14. The highest BCUT2D eigenvalue weighted by molar-refractivity contribution is 5.93. The maximum atomic E-state index is 12.5. The van der Waals surface area contributed by atoms with Gasteiger partial charge in [0.25, 0.3) is 5.91 Å². The lowest BCUT2D eigenvalue weighted by molar-refractivity contribution is -0.130. The molecule has 1 saturated heterocycles. The second-order valence-electron chi connectivity index (χ2n) is 6.22. The lowest BCUT2D eigenvalue weighted by atomic mass is 10.2. The van der Waals surface area contributed by atoms with E-state index >= 15 is 0 Å². The van der Waals surface area contributed by atoms with Crippen molar-refractivity contribution in [3.05, 3.63) is 18.0 Å². The van der Waals surface area contributed by atoms with Crippen LogP contribution in [0.15, 0.2) is 12.4 Å². The number of hydrogen-bond donors (Lipinski definition) is 1.